The predicted octanol–water partition coefficient (Wildman–Crippen LogP) is 2.99. The number of alkyl halides is 1. The van der Waals surface area contributed by atoms with Crippen LogP contribution >= 0.6 is 34.4 Å². The van der Waals surface area contributed by atoms with Crippen LogP contribution in [0.15, 0.2) is 0 Å². The Kier molecular flexibility index (Phi) is 7.87. The molecule has 1 aliphatic heterocycles. The first-order valence-corrected chi connectivity index (χ1v) is 8.37. The van der Waals surface area contributed by atoms with Gasteiger partial charge in [0.1, 0.15) is 0 Å². The third kappa shape index (κ3) is 6.00. The summed E-state index contributed by atoms with van der Waals surface area (Å²) in [6.07, 6.45) is 7.29. The van der Waals surface area contributed by atoms with Gasteiger partial charge in [-0.3, -0.25) is 4.79 Å². The van der Waals surface area contributed by atoms with E-state index in [1.807, 2.05) is 11.8 Å². The molecule has 88 valence electrons. The van der Waals surface area contributed by atoms with Gasteiger partial charge in [0.25, 0.3) is 0 Å². The van der Waals surface area contributed by atoms with Crippen LogP contribution in [-0.2, 0) is 4.79 Å². The van der Waals surface area contributed by atoms with Crippen LogP contribution in [0.1, 0.15) is 38.5 Å². The minimum Gasteiger partial charge on any atom is -0.355 e. The summed E-state index contributed by atoms with van der Waals surface area (Å²) < 4.78 is 1.25. The zero-order valence-corrected chi connectivity index (χ0v) is 12.1. The maximum atomic E-state index is 11.6. The average molecular weight is 341 g/mol. The topological polar surface area (TPSA) is 29.1 Å². The standard InChI is InChI=1S/C11H20INOS/c12-7-3-1-2-4-8-13-11(14)10-6-5-9-15-10/h10H,1-9H2,(H,13,14). The molecule has 1 aliphatic rings. The third-order valence-electron chi connectivity index (χ3n) is 2.58. The van der Waals surface area contributed by atoms with Gasteiger partial charge in [-0.15, -0.1) is 11.8 Å². The van der Waals surface area contributed by atoms with Crippen molar-refractivity contribution in [1.82, 2.24) is 5.32 Å². The molecule has 0 aromatic heterocycles. The van der Waals surface area contributed by atoms with Crippen LogP contribution in [-0.4, -0.2) is 27.9 Å². The van der Waals surface area contributed by atoms with E-state index in [-0.39, 0.29) is 11.2 Å². The largest absolute Gasteiger partial charge is 0.355 e. The molecular formula is C11H20INOS. The average Bonchev–Trinajstić information content (AvgIpc) is 2.76. The van der Waals surface area contributed by atoms with Crippen LogP contribution in [0.2, 0.25) is 0 Å². The Morgan fingerprint density at radius 1 is 1.33 bits per heavy atom. The Morgan fingerprint density at radius 2 is 2.13 bits per heavy atom. The molecule has 2 nitrogen and oxygen atoms in total. The molecule has 1 saturated heterocycles. The number of unbranched alkanes of at least 4 members (excludes halogenated alkanes) is 3. The van der Waals surface area contributed by atoms with Crippen LogP contribution in [0.5, 0.6) is 0 Å². The molecule has 0 bridgehead atoms. The van der Waals surface area contributed by atoms with Gasteiger partial charge >= 0.3 is 0 Å². The fourth-order valence-electron chi connectivity index (χ4n) is 1.68. The molecule has 0 spiro atoms. The van der Waals surface area contributed by atoms with E-state index in [0.717, 1.165) is 25.1 Å². The summed E-state index contributed by atoms with van der Waals surface area (Å²) in [5, 5.41) is 3.29. The highest BCUT2D eigenvalue weighted by Crippen LogP contribution is 2.25. The molecule has 1 N–H and O–H groups in total. The van der Waals surface area contributed by atoms with Crippen LogP contribution in [0.3, 0.4) is 0 Å². The normalized spacial score (nSPS) is 20.5. The van der Waals surface area contributed by atoms with Gasteiger partial charge in [-0.1, -0.05) is 35.4 Å². The Hall–Kier alpha value is 0.550. The fourth-order valence-corrected chi connectivity index (χ4v) is 3.41. The van der Waals surface area contributed by atoms with E-state index in [4.69, 9.17) is 0 Å². The Morgan fingerprint density at radius 3 is 2.80 bits per heavy atom. The molecule has 0 aromatic rings. The van der Waals surface area contributed by atoms with E-state index in [0.29, 0.717) is 0 Å². The zero-order valence-electron chi connectivity index (χ0n) is 9.14. The number of thioether (sulfide) groups is 1. The molecule has 0 aliphatic carbocycles. The van der Waals surface area contributed by atoms with Crippen LogP contribution in [0.25, 0.3) is 0 Å². The molecule has 1 atom stereocenters. The first-order valence-electron chi connectivity index (χ1n) is 5.80. The molecule has 0 radical (unpaired) electrons. The van der Waals surface area contributed by atoms with E-state index in [2.05, 4.69) is 27.9 Å². The molecule has 1 unspecified atom stereocenters. The highest BCUT2D eigenvalue weighted by Gasteiger charge is 2.22. The number of rotatable bonds is 7. The molecule has 1 rings (SSSR count). The van der Waals surface area contributed by atoms with Crippen molar-refractivity contribution in [2.75, 3.05) is 16.7 Å². The monoisotopic (exact) mass is 341 g/mol. The molecular weight excluding hydrogens is 321 g/mol. The van der Waals surface area contributed by atoms with Crippen molar-refractivity contribution >= 4 is 40.3 Å². The quantitative estimate of drug-likeness (QED) is 0.438. The minimum atomic E-state index is 0.249. The van der Waals surface area contributed by atoms with E-state index >= 15 is 0 Å². The molecule has 1 amide bonds. The first kappa shape index (κ1) is 13.6. The second-order valence-electron chi connectivity index (χ2n) is 3.90. The minimum absolute atomic E-state index is 0.249. The van der Waals surface area contributed by atoms with Gasteiger partial charge in [-0.25, -0.2) is 0 Å². The van der Waals surface area contributed by atoms with E-state index in [1.165, 1.54) is 30.1 Å². The van der Waals surface area contributed by atoms with Crippen LogP contribution < -0.4 is 5.32 Å². The number of carbonyl (C=O) groups is 1. The zero-order chi connectivity index (χ0) is 10.9. The molecule has 15 heavy (non-hydrogen) atoms. The van der Waals surface area contributed by atoms with Gasteiger partial charge < -0.3 is 5.32 Å². The summed E-state index contributed by atoms with van der Waals surface area (Å²) in [4.78, 5) is 11.6. The van der Waals surface area contributed by atoms with Crippen molar-refractivity contribution in [3.8, 4) is 0 Å². The number of nitrogens with one attached hydrogen (secondary N) is 1. The summed E-state index contributed by atoms with van der Waals surface area (Å²) in [5.74, 6) is 1.43. The van der Waals surface area contributed by atoms with Crippen molar-refractivity contribution in [3.05, 3.63) is 0 Å². The van der Waals surface area contributed by atoms with Gasteiger partial charge in [0.05, 0.1) is 5.25 Å². The number of hydrogen-bond donors (Lipinski definition) is 1. The molecule has 1 fully saturated rings. The van der Waals surface area contributed by atoms with Crippen molar-refractivity contribution in [3.63, 3.8) is 0 Å². The molecule has 0 saturated carbocycles. The smallest absolute Gasteiger partial charge is 0.233 e. The van der Waals surface area contributed by atoms with Crippen molar-refractivity contribution < 1.29 is 4.79 Å². The fraction of sp³-hybridized carbons (Fsp3) is 0.909. The summed E-state index contributed by atoms with van der Waals surface area (Å²) >= 11 is 4.22. The molecule has 4 heteroatoms. The molecule has 0 aromatic carbocycles. The number of amides is 1. The molecule has 1 heterocycles. The van der Waals surface area contributed by atoms with Crippen LogP contribution in [0, 0.1) is 0 Å². The van der Waals surface area contributed by atoms with Gasteiger partial charge in [-0.05, 0) is 35.9 Å². The number of halogens is 1. The SMILES string of the molecule is O=C(NCCCCCCI)C1CCCS1. The lowest BCUT2D eigenvalue weighted by Gasteiger charge is -2.09. The Labute approximate surface area is 110 Å². The highest BCUT2D eigenvalue weighted by atomic mass is 127. The lowest BCUT2D eigenvalue weighted by molar-refractivity contribution is -0.120. The second kappa shape index (κ2) is 8.67. The van der Waals surface area contributed by atoms with Crippen molar-refractivity contribution in [2.45, 2.75) is 43.8 Å². The van der Waals surface area contributed by atoms with Gasteiger partial charge in [0.15, 0.2) is 0 Å². The van der Waals surface area contributed by atoms with Crippen molar-refractivity contribution in [2.24, 2.45) is 0 Å². The van der Waals surface area contributed by atoms with Crippen molar-refractivity contribution in [1.29, 1.82) is 0 Å². The van der Waals surface area contributed by atoms with Crippen LogP contribution in [0.4, 0.5) is 0 Å². The van der Waals surface area contributed by atoms with Gasteiger partial charge in [-0.2, -0.15) is 0 Å². The predicted molar refractivity (Wildman–Crippen MR) is 75.8 cm³/mol. The number of carbonyl (C=O) groups excluding carboxylic acids is 1. The van der Waals surface area contributed by atoms with E-state index < -0.39 is 0 Å². The summed E-state index contributed by atoms with van der Waals surface area (Å²) in [6, 6.07) is 0. The lowest BCUT2D eigenvalue weighted by atomic mass is 10.2. The lowest BCUT2D eigenvalue weighted by Crippen LogP contribution is -2.31. The number of hydrogen-bond acceptors (Lipinski definition) is 2. The summed E-state index contributed by atoms with van der Waals surface area (Å²) in [6.45, 7) is 0.872. The first-order chi connectivity index (χ1) is 7.34. The summed E-state index contributed by atoms with van der Waals surface area (Å²) in [7, 11) is 0. The van der Waals surface area contributed by atoms with Gasteiger partial charge in [0.2, 0.25) is 5.91 Å². The maximum absolute atomic E-state index is 11.6. The maximum Gasteiger partial charge on any atom is 0.233 e. The van der Waals surface area contributed by atoms with E-state index in [1.54, 1.807) is 0 Å². The summed E-state index contributed by atoms with van der Waals surface area (Å²) in [5.41, 5.74) is 0. The second-order valence-corrected chi connectivity index (χ2v) is 6.29. The van der Waals surface area contributed by atoms with Gasteiger partial charge in [0, 0.05) is 6.54 Å². The Balaban J connectivity index is 1.92. The van der Waals surface area contributed by atoms with E-state index in [9.17, 15) is 4.79 Å². The Bertz CT molecular complexity index is 183. The highest BCUT2D eigenvalue weighted by molar-refractivity contribution is 14.1. The third-order valence-corrected chi connectivity index (χ3v) is 4.72.